The molecule has 176 valence electrons. The van der Waals surface area contributed by atoms with Crippen molar-refractivity contribution in [2.24, 2.45) is 0 Å². The fourth-order valence-electron chi connectivity index (χ4n) is 4.31. The number of hydrogen-bond donors (Lipinski definition) is 1. The zero-order valence-corrected chi connectivity index (χ0v) is 18.8. The Balaban J connectivity index is 1.49. The molecular formula is C26H23FN6O2. The Kier molecular flexibility index (Phi) is 6.30. The van der Waals surface area contributed by atoms with E-state index in [4.69, 9.17) is 10.5 Å². The van der Waals surface area contributed by atoms with Gasteiger partial charge in [-0.05, 0) is 49.6 Å². The molecule has 1 fully saturated rings. The maximum absolute atomic E-state index is 14.7. The summed E-state index contributed by atoms with van der Waals surface area (Å²) in [6, 6.07) is 14.8. The fraction of sp³-hybridized carbons (Fsp3) is 0.192. The first kappa shape index (κ1) is 22.4. The zero-order valence-electron chi connectivity index (χ0n) is 18.8. The third-order valence-corrected chi connectivity index (χ3v) is 5.91. The lowest BCUT2D eigenvalue weighted by atomic mass is 9.93. The van der Waals surface area contributed by atoms with Crippen LogP contribution in [0.3, 0.4) is 0 Å². The highest BCUT2D eigenvalue weighted by Gasteiger charge is 2.32. The summed E-state index contributed by atoms with van der Waals surface area (Å²) >= 11 is 0. The summed E-state index contributed by atoms with van der Waals surface area (Å²) in [4.78, 5) is 32.1. The third-order valence-electron chi connectivity index (χ3n) is 5.91. The Labute approximate surface area is 201 Å². The van der Waals surface area contributed by atoms with Crippen molar-refractivity contribution >= 4 is 11.9 Å². The number of halogens is 1. The summed E-state index contributed by atoms with van der Waals surface area (Å²) in [6.45, 7) is 0.539. The highest BCUT2D eigenvalue weighted by Crippen LogP contribution is 2.37. The Hall–Kier alpha value is -4.40. The van der Waals surface area contributed by atoms with E-state index in [1.165, 1.54) is 12.3 Å². The number of nitrogen functional groups attached to an aromatic ring is 1. The lowest BCUT2D eigenvalue weighted by Gasteiger charge is -2.36. The van der Waals surface area contributed by atoms with Crippen LogP contribution in [0.4, 0.5) is 10.3 Å². The molecule has 9 heteroatoms. The minimum atomic E-state index is -0.385. The van der Waals surface area contributed by atoms with Crippen molar-refractivity contribution in [2.45, 2.75) is 25.3 Å². The average Bonchev–Trinajstić information content (AvgIpc) is 2.89. The number of hydrogen-bond acceptors (Lipinski definition) is 7. The molecule has 1 aliphatic rings. The SMILES string of the molecule is Nc1ncc(-c2ccccc2F)c(C2CCCCN2C(=O)c2cccc(Oc3ncccn3)c2)n1. The van der Waals surface area contributed by atoms with Gasteiger partial charge in [-0.15, -0.1) is 0 Å². The normalized spacial score (nSPS) is 15.6. The molecule has 1 atom stereocenters. The van der Waals surface area contributed by atoms with E-state index < -0.39 is 0 Å². The number of aromatic nitrogens is 4. The predicted octanol–water partition coefficient (Wildman–Crippen LogP) is 4.81. The second kappa shape index (κ2) is 9.84. The van der Waals surface area contributed by atoms with Gasteiger partial charge in [-0.2, -0.15) is 0 Å². The van der Waals surface area contributed by atoms with E-state index in [0.29, 0.717) is 41.1 Å². The molecule has 1 aliphatic heterocycles. The molecule has 1 unspecified atom stereocenters. The number of anilines is 1. The number of nitrogens with two attached hydrogens (primary N) is 1. The number of ether oxygens (including phenoxy) is 1. The molecule has 0 radical (unpaired) electrons. The molecule has 2 aromatic heterocycles. The van der Waals surface area contributed by atoms with Crippen LogP contribution < -0.4 is 10.5 Å². The molecule has 1 saturated heterocycles. The monoisotopic (exact) mass is 470 g/mol. The number of likely N-dealkylation sites (tertiary alicyclic amines) is 1. The van der Waals surface area contributed by atoms with Crippen LogP contribution >= 0.6 is 0 Å². The third kappa shape index (κ3) is 4.79. The van der Waals surface area contributed by atoms with Crippen molar-refractivity contribution < 1.29 is 13.9 Å². The molecule has 0 saturated carbocycles. The number of carbonyl (C=O) groups excluding carboxylic acids is 1. The summed E-state index contributed by atoms with van der Waals surface area (Å²) in [7, 11) is 0. The van der Waals surface area contributed by atoms with Crippen LogP contribution in [0.2, 0.25) is 0 Å². The van der Waals surface area contributed by atoms with Gasteiger partial charge in [0.15, 0.2) is 0 Å². The summed E-state index contributed by atoms with van der Waals surface area (Å²) in [5.41, 5.74) is 7.83. The predicted molar refractivity (Wildman–Crippen MR) is 128 cm³/mol. The van der Waals surface area contributed by atoms with Crippen LogP contribution in [0, 0.1) is 5.82 Å². The Morgan fingerprint density at radius 2 is 1.83 bits per heavy atom. The topological polar surface area (TPSA) is 107 Å². The maximum Gasteiger partial charge on any atom is 0.321 e. The van der Waals surface area contributed by atoms with E-state index in [2.05, 4.69) is 19.9 Å². The largest absolute Gasteiger partial charge is 0.424 e. The lowest BCUT2D eigenvalue weighted by molar-refractivity contribution is 0.0606. The molecule has 8 nitrogen and oxygen atoms in total. The van der Waals surface area contributed by atoms with Crippen molar-refractivity contribution in [2.75, 3.05) is 12.3 Å². The Bertz CT molecular complexity index is 1350. The number of benzene rings is 2. The average molecular weight is 471 g/mol. The summed E-state index contributed by atoms with van der Waals surface area (Å²) in [5.74, 6) is -0.0279. The highest BCUT2D eigenvalue weighted by atomic mass is 19.1. The van der Waals surface area contributed by atoms with E-state index >= 15 is 0 Å². The van der Waals surface area contributed by atoms with Crippen LogP contribution in [-0.2, 0) is 0 Å². The van der Waals surface area contributed by atoms with Crippen LogP contribution in [0.5, 0.6) is 11.8 Å². The van der Waals surface area contributed by atoms with E-state index in [-0.39, 0.29) is 29.7 Å². The molecule has 4 aromatic rings. The number of rotatable bonds is 5. The molecule has 2 aromatic carbocycles. The van der Waals surface area contributed by atoms with E-state index in [0.717, 1.165) is 12.8 Å². The van der Waals surface area contributed by atoms with Gasteiger partial charge in [0, 0.05) is 41.8 Å². The van der Waals surface area contributed by atoms with Gasteiger partial charge in [-0.1, -0.05) is 24.3 Å². The molecule has 5 rings (SSSR count). The number of piperidine rings is 1. The lowest BCUT2D eigenvalue weighted by Crippen LogP contribution is -2.39. The second-order valence-corrected chi connectivity index (χ2v) is 8.18. The molecule has 3 heterocycles. The van der Waals surface area contributed by atoms with Crippen molar-refractivity contribution in [1.82, 2.24) is 24.8 Å². The Morgan fingerprint density at radius 3 is 2.66 bits per heavy atom. The smallest absolute Gasteiger partial charge is 0.321 e. The van der Waals surface area contributed by atoms with Gasteiger partial charge in [-0.3, -0.25) is 4.79 Å². The molecule has 2 N–H and O–H groups in total. The van der Waals surface area contributed by atoms with Crippen molar-refractivity contribution in [1.29, 1.82) is 0 Å². The van der Waals surface area contributed by atoms with Gasteiger partial charge in [-0.25, -0.2) is 24.3 Å². The molecular weight excluding hydrogens is 447 g/mol. The van der Waals surface area contributed by atoms with Gasteiger partial charge in [0.05, 0.1) is 11.7 Å². The van der Waals surface area contributed by atoms with E-state index in [1.807, 2.05) is 0 Å². The van der Waals surface area contributed by atoms with Gasteiger partial charge < -0.3 is 15.4 Å². The quantitative estimate of drug-likeness (QED) is 0.446. The highest BCUT2D eigenvalue weighted by molar-refractivity contribution is 5.95. The fourth-order valence-corrected chi connectivity index (χ4v) is 4.31. The minimum absolute atomic E-state index is 0.0799. The Morgan fingerprint density at radius 1 is 1.00 bits per heavy atom. The van der Waals surface area contributed by atoms with E-state index in [9.17, 15) is 9.18 Å². The van der Waals surface area contributed by atoms with Gasteiger partial charge in [0.25, 0.3) is 5.91 Å². The maximum atomic E-state index is 14.7. The van der Waals surface area contributed by atoms with Gasteiger partial charge in [0.1, 0.15) is 11.6 Å². The molecule has 0 bridgehead atoms. The summed E-state index contributed by atoms with van der Waals surface area (Å²) < 4.78 is 20.4. The van der Waals surface area contributed by atoms with Gasteiger partial charge >= 0.3 is 6.01 Å². The first-order chi connectivity index (χ1) is 17.1. The van der Waals surface area contributed by atoms with Crippen LogP contribution in [0.1, 0.15) is 41.4 Å². The van der Waals surface area contributed by atoms with Crippen LogP contribution in [-0.4, -0.2) is 37.3 Å². The molecule has 0 spiro atoms. The number of carbonyl (C=O) groups is 1. The van der Waals surface area contributed by atoms with Crippen molar-refractivity contribution in [3.05, 3.63) is 90.3 Å². The van der Waals surface area contributed by atoms with Crippen molar-refractivity contribution in [3.63, 3.8) is 0 Å². The van der Waals surface area contributed by atoms with Crippen molar-refractivity contribution in [3.8, 4) is 22.9 Å². The first-order valence-electron chi connectivity index (χ1n) is 11.3. The minimum Gasteiger partial charge on any atom is -0.424 e. The van der Waals surface area contributed by atoms with Crippen LogP contribution in [0.15, 0.2) is 73.2 Å². The summed E-state index contributed by atoms with van der Waals surface area (Å²) in [6.07, 6.45) is 7.13. The molecule has 0 aliphatic carbocycles. The number of nitrogens with zero attached hydrogens (tertiary/aromatic N) is 5. The molecule has 35 heavy (non-hydrogen) atoms. The van der Waals surface area contributed by atoms with Gasteiger partial charge in [0.2, 0.25) is 5.95 Å². The summed E-state index contributed by atoms with van der Waals surface area (Å²) in [5, 5.41) is 0. The number of amides is 1. The zero-order chi connectivity index (χ0) is 24.2. The van der Waals surface area contributed by atoms with Crippen LogP contribution in [0.25, 0.3) is 11.1 Å². The second-order valence-electron chi connectivity index (χ2n) is 8.18. The first-order valence-corrected chi connectivity index (χ1v) is 11.3. The van der Waals surface area contributed by atoms with E-state index in [1.54, 1.807) is 65.8 Å². The molecule has 1 amide bonds. The standard InChI is InChI=1S/C26H23FN6O2/c27-21-10-2-1-9-19(21)20-16-31-25(28)32-23(20)22-11-3-4-14-33(22)24(34)17-7-5-8-18(15-17)35-26-29-12-6-13-30-26/h1-2,5-10,12-13,15-16,22H,3-4,11,14H2,(H2,28,31,32).